The van der Waals surface area contributed by atoms with Crippen LogP contribution < -0.4 is 21.8 Å². The Labute approximate surface area is 139 Å². The zero-order valence-corrected chi connectivity index (χ0v) is 13.4. The molecule has 5 N–H and O–H groups in total. The summed E-state index contributed by atoms with van der Waals surface area (Å²) in [5.41, 5.74) is 10.5. The second kappa shape index (κ2) is 7.90. The molecule has 0 aliphatic carbocycles. The lowest BCUT2D eigenvalue weighted by atomic mass is 10.1. The van der Waals surface area contributed by atoms with E-state index in [2.05, 4.69) is 21.2 Å². The highest BCUT2D eigenvalue weighted by atomic mass is 32.1. The van der Waals surface area contributed by atoms with Gasteiger partial charge >= 0.3 is 6.03 Å². The van der Waals surface area contributed by atoms with Gasteiger partial charge in [0.05, 0.1) is 5.71 Å². The number of urea groups is 1. The lowest BCUT2D eigenvalue weighted by molar-refractivity contribution is 0.249. The standard InChI is InChI=1S/C16H17N5OS/c1-11(20-21-15(17)22)12-7-9-14(10-8-12)19-16(23)18-13-5-3-2-4-6-13/h2-10H,1H3,(H3,17,21,22)(H2,18,19,23)/b20-11-. The fourth-order valence-electron chi connectivity index (χ4n) is 1.81. The summed E-state index contributed by atoms with van der Waals surface area (Å²) in [6, 6.07) is 16.5. The van der Waals surface area contributed by atoms with Gasteiger partial charge in [0.15, 0.2) is 5.11 Å². The summed E-state index contributed by atoms with van der Waals surface area (Å²) >= 11 is 5.27. The van der Waals surface area contributed by atoms with Gasteiger partial charge in [0, 0.05) is 11.4 Å². The zero-order chi connectivity index (χ0) is 16.7. The molecule has 0 aliphatic heterocycles. The van der Waals surface area contributed by atoms with Crippen molar-refractivity contribution >= 4 is 40.4 Å². The third-order valence-electron chi connectivity index (χ3n) is 2.93. The molecule has 23 heavy (non-hydrogen) atoms. The third kappa shape index (κ3) is 5.40. The van der Waals surface area contributed by atoms with Crippen molar-refractivity contribution in [2.24, 2.45) is 10.8 Å². The van der Waals surface area contributed by atoms with Gasteiger partial charge in [0.25, 0.3) is 0 Å². The number of nitrogens with one attached hydrogen (secondary N) is 3. The molecule has 2 rings (SSSR count). The van der Waals surface area contributed by atoms with Gasteiger partial charge in [-0.15, -0.1) is 0 Å². The van der Waals surface area contributed by atoms with E-state index in [1.807, 2.05) is 54.6 Å². The van der Waals surface area contributed by atoms with Crippen LogP contribution in [0.3, 0.4) is 0 Å². The summed E-state index contributed by atoms with van der Waals surface area (Å²) in [7, 11) is 0. The van der Waals surface area contributed by atoms with Crippen molar-refractivity contribution in [3.8, 4) is 0 Å². The molecule has 0 radical (unpaired) electrons. The van der Waals surface area contributed by atoms with Crippen molar-refractivity contribution in [3.63, 3.8) is 0 Å². The van der Waals surface area contributed by atoms with Gasteiger partial charge in [-0.1, -0.05) is 30.3 Å². The number of nitrogens with zero attached hydrogens (tertiary/aromatic N) is 1. The molecule has 0 fully saturated rings. The summed E-state index contributed by atoms with van der Waals surface area (Å²) in [6.45, 7) is 1.78. The van der Waals surface area contributed by atoms with Crippen LogP contribution in [0.2, 0.25) is 0 Å². The van der Waals surface area contributed by atoms with Crippen LogP contribution in [0.15, 0.2) is 59.7 Å². The number of amides is 2. The van der Waals surface area contributed by atoms with Gasteiger partial charge in [0.1, 0.15) is 0 Å². The Hall–Kier alpha value is -2.93. The van der Waals surface area contributed by atoms with Gasteiger partial charge in [-0.05, 0) is 49.0 Å². The maximum Gasteiger partial charge on any atom is 0.332 e. The van der Waals surface area contributed by atoms with Crippen LogP contribution in [0.1, 0.15) is 12.5 Å². The molecule has 0 aromatic heterocycles. The highest BCUT2D eigenvalue weighted by Gasteiger charge is 2.01. The van der Waals surface area contributed by atoms with Crippen LogP contribution in [0, 0.1) is 0 Å². The minimum absolute atomic E-state index is 0.504. The lowest BCUT2D eigenvalue weighted by Crippen LogP contribution is -2.25. The lowest BCUT2D eigenvalue weighted by Gasteiger charge is -2.11. The van der Waals surface area contributed by atoms with E-state index in [1.165, 1.54) is 0 Å². The highest BCUT2D eigenvalue weighted by molar-refractivity contribution is 7.80. The van der Waals surface area contributed by atoms with Crippen molar-refractivity contribution in [1.29, 1.82) is 0 Å². The normalized spacial score (nSPS) is 10.7. The largest absolute Gasteiger partial charge is 0.350 e. The maximum atomic E-state index is 10.6. The number of nitrogens with two attached hydrogens (primary N) is 1. The van der Waals surface area contributed by atoms with Crippen molar-refractivity contribution in [1.82, 2.24) is 5.43 Å². The molecule has 0 saturated carbocycles. The number of rotatable bonds is 4. The summed E-state index contributed by atoms with van der Waals surface area (Å²) in [5, 5.41) is 10.6. The average Bonchev–Trinajstić information content (AvgIpc) is 2.54. The summed E-state index contributed by atoms with van der Waals surface area (Å²) in [4.78, 5) is 10.6. The first kappa shape index (κ1) is 16.4. The van der Waals surface area contributed by atoms with Crippen LogP contribution in [-0.4, -0.2) is 16.9 Å². The van der Waals surface area contributed by atoms with Crippen LogP contribution in [-0.2, 0) is 0 Å². The number of para-hydroxylation sites is 1. The SMILES string of the molecule is C/C(=N/NC(N)=O)c1ccc(NC(=S)Nc2ccccc2)cc1. The van der Waals surface area contributed by atoms with Crippen molar-refractivity contribution in [3.05, 3.63) is 60.2 Å². The Morgan fingerprint density at radius 1 is 1.00 bits per heavy atom. The monoisotopic (exact) mass is 327 g/mol. The second-order valence-corrected chi connectivity index (χ2v) is 5.10. The molecule has 0 unspecified atom stereocenters. The fraction of sp³-hybridized carbons (Fsp3) is 0.0625. The Kier molecular flexibility index (Phi) is 5.65. The Bertz CT molecular complexity index is 713. The topological polar surface area (TPSA) is 91.5 Å². The minimum atomic E-state index is -0.694. The first-order valence-corrected chi connectivity index (χ1v) is 7.28. The first-order valence-electron chi connectivity index (χ1n) is 6.88. The number of carbonyl (C=O) groups is 1. The van der Waals surface area contributed by atoms with E-state index < -0.39 is 6.03 Å². The number of anilines is 2. The third-order valence-corrected chi connectivity index (χ3v) is 3.13. The van der Waals surface area contributed by atoms with Crippen molar-refractivity contribution in [2.75, 3.05) is 10.6 Å². The number of benzene rings is 2. The first-order chi connectivity index (χ1) is 11.0. The van der Waals surface area contributed by atoms with Gasteiger partial charge in [0.2, 0.25) is 0 Å². The highest BCUT2D eigenvalue weighted by Crippen LogP contribution is 2.12. The minimum Gasteiger partial charge on any atom is -0.350 e. The molecule has 2 aromatic rings. The Morgan fingerprint density at radius 2 is 1.57 bits per heavy atom. The number of thiocarbonyl (C=S) groups is 1. The van der Waals surface area contributed by atoms with E-state index in [9.17, 15) is 4.79 Å². The van der Waals surface area contributed by atoms with E-state index >= 15 is 0 Å². The molecule has 6 nitrogen and oxygen atoms in total. The molecule has 2 aromatic carbocycles. The molecule has 0 aliphatic rings. The number of carbonyl (C=O) groups excluding carboxylic acids is 1. The molecular formula is C16H17N5OS. The van der Waals surface area contributed by atoms with E-state index in [1.54, 1.807) is 6.92 Å². The second-order valence-electron chi connectivity index (χ2n) is 4.70. The Balaban J connectivity index is 1.96. The molecule has 7 heteroatoms. The molecule has 0 spiro atoms. The summed E-state index contributed by atoms with van der Waals surface area (Å²) in [6.07, 6.45) is 0. The van der Waals surface area contributed by atoms with Gasteiger partial charge in [-0.3, -0.25) is 0 Å². The molecular weight excluding hydrogens is 310 g/mol. The molecule has 0 heterocycles. The van der Waals surface area contributed by atoms with Crippen LogP contribution in [0.4, 0.5) is 16.2 Å². The quantitative estimate of drug-likeness (QED) is 0.395. The summed E-state index contributed by atoms with van der Waals surface area (Å²) in [5.74, 6) is 0. The predicted molar refractivity (Wildman–Crippen MR) is 97.7 cm³/mol. The predicted octanol–water partition coefficient (Wildman–Crippen LogP) is 2.89. The number of hydrogen-bond donors (Lipinski definition) is 4. The van der Waals surface area contributed by atoms with E-state index in [-0.39, 0.29) is 0 Å². The number of hydrazone groups is 1. The van der Waals surface area contributed by atoms with Crippen LogP contribution in [0.25, 0.3) is 0 Å². The fourth-order valence-corrected chi connectivity index (χ4v) is 2.05. The molecule has 0 bridgehead atoms. The van der Waals surface area contributed by atoms with E-state index in [0.29, 0.717) is 10.8 Å². The van der Waals surface area contributed by atoms with Crippen LogP contribution in [0.5, 0.6) is 0 Å². The van der Waals surface area contributed by atoms with E-state index in [4.69, 9.17) is 18.0 Å². The number of hydrogen-bond acceptors (Lipinski definition) is 3. The maximum absolute atomic E-state index is 10.6. The van der Waals surface area contributed by atoms with Gasteiger partial charge in [-0.25, -0.2) is 10.2 Å². The van der Waals surface area contributed by atoms with Gasteiger partial charge < -0.3 is 16.4 Å². The molecule has 0 saturated heterocycles. The Morgan fingerprint density at radius 3 is 2.13 bits per heavy atom. The van der Waals surface area contributed by atoms with Crippen molar-refractivity contribution < 1.29 is 4.79 Å². The molecule has 0 atom stereocenters. The van der Waals surface area contributed by atoms with Gasteiger partial charge in [-0.2, -0.15) is 5.10 Å². The van der Waals surface area contributed by atoms with Crippen molar-refractivity contribution in [2.45, 2.75) is 6.92 Å². The smallest absolute Gasteiger partial charge is 0.332 e. The average molecular weight is 327 g/mol. The summed E-state index contributed by atoms with van der Waals surface area (Å²) < 4.78 is 0. The number of primary amides is 1. The zero-order valence-electron chi connectivity index (χ0n) is 12.5. The van der Waals surface area contributed by atoms with Crippen LogP contribution >= 0.6 is 12.2 Å². The molecule has 2 amide bonds. The van der Waals surface area contributed by atoms with E-state index in [0.717, 1.165) is 16.9 Å². The molecule has 118 valence electrons.